The predicted octanol–water partition coefficient (Wildman–Crippen LogP) is 8.24. The van der Waals surface area contributed by atoms with Gasteiger partial charge in [-0.1, -0.05) is 90.5 Å². The van der Waals surface area contributed by atoms with E-state index in [0.29, 0.717) is 23.0 Å². The summed E-state index contributed by atoms with van der Waals surface area (Å²) >= 11 is 6.38. The van der Waals surface area contributed by atoms with Gasteiger partial charge in [-0.2, -0.15) is 5.26 Å². The summed E-state index contributed by atoms with van der Waals surface area (Å²) in [7, 11) is 0. The van der Waals surface area contributed by atoms with E-state index >= 15 is 0 Å². The molecule has 0 atom stereocenters. The highest BCUT2D eigenvalue weighted by atomic mass is 35.5. The monoisotopic (exact) mass is 469 g/mol. The Labute approximate surface area is 208 Å². The number of amidine groups is 1. The second kappa shape index (κ2) is 8.83. The lowest BCUT2D eigenvalue weighted by atomic mass is 9.93. The summed E-state index contributed by atoms with van der Waals surface area (Å²) in [6.07, 6.45) is 3.52. The van der Waals surface area contributed by atoms with Gasteiger partial charge in [-0.15, -0.1) is 0 Å². The fourth-order valence-corrected chi connectivity index (χ4v) is 4.98. The topological polar surface area (TPSA) is 48.5 Å². The van der Waals surface area contributed by atoms with Crippen LogP contribution in [0.5, 0.6) is 0 Å². The van der Waals surface area contributed by atoms with Gasteiger partial charge in [0.25, 0.3) is 0 Å². The first-order valence-corrected chi connectivity index (χ1v) is 11.9. The standard InChI is InChI=1S/C31H20ClN3/c32-30-14-6-13-29(34-31(35-30)22-8-5-7-20(17-22)19-33)21-15-16-27-25-11-2-1-9-23(25)24-10-3-4-12-26(24)28(27)18-21/h1-5,7-13,15-18H,6,14H2/b29-13-,34-31-,35-30+. The molecule has 5 aromatic carbocycles. The molecular weight excluding hydrogens is 450 g/mol. The van der Waals surface area contributed by atoms with Gasteiger partial charge in [-0.3, -0.25) is 0 Å². The van der Waals surface area contributed by atoms with Gasteiger partial charge in [0.1, 0.15) is 5.17 Å². The van der Waals surface area contributed by atoms with E-state index in [0.717, 1.165) is 23.2 Å². The Balaban J connectivity index is 1.57. The summed E-state index contributed by atoms with van der Waals surface area (Å²) in [6, 6.07) is 33.2. The lowest BCUT2D eigenvalue weighted by molar-refractivity contribution is 1.10. The molecule has 166 valence electrons. The number of benzene rings is 5. The zero-order valence-electron chi connectivity index (χ0n) is 18.9. The van der Waals surface area contributed by atoms with Crippen molar-refractivity contribution in [2.75, 3.05) is 0 Å². The fourth-order valence-electron chi connectivity index (χ4n) is 4.79. The minimum absolute atomic E-state index is 0.511. The van der Waals surface area contributed by atoms with E-state index in [1.165, 1.54) is 32.3 Å². The molecule has 0 spiro atoms. The molecule has 4 heteroatoms. The molecule has 1 heterocycles. The minimum atomic E-state index is 0.511. The van der Waals surface area contributed by atoms with Gasteiger partial charge >= 0.3 is 0 Å². The van der Waals surface area contributed by atoms with Crippen LogP contribution in [0.4, 0.5) is 0 Å². The van der Waals surface area contributed by atoms with Crippen LogP contribution in [0.3, 0.4) is 0 Å². The Hall–Kier alpha value is -4.26. The summed E-state index contributed by atoms with van der Waals surface area (Å²) in [6.45, 7) is 0. The van der Waals surface area contributed by atoms with E-state index in [9.17, 15) is 5.26 Å². The van der Waals surface area contributed by atoms with Crippen molar-refractivity contribution >= 4 is 60.6 Å². The number of fused-ring (bicyclic) bond motifs is 6. The smallest absolute Gasteiger partial charge is 0.161 e. The molecule has 0 N–H and O–H groups in total. The van der Waals surface area contributed by atoms with Gasteiger partial charge in [-0.05, 0) is 56.9 Å². The van der Waals surface area contributed by atoms with E-state index in [1.54, 1.807) is 12.1 Å². The number of halogens is 1. The quantitative estimate of drug-likeness (QED) is 0.240. The van der Waals surface area contributed by atoms with Crippen LogP contribution in [0, 0.1) is 11.3 Å². The summed E-state index contributed by atoms with van der Waals surface area (Å²) in [5.41, 5.74) is 3.22. The molecule has 0 amide bonds. The maximum Gasteiger partial charge on any atom is 0.161 e. The van der Waals surface area contributed by atoms with E-state index in [-0.39, 0.29) is 0 Å². The first-order chi connectivity index (χ1) is 17.2. The summed E-state index contributed by atoms with van der Waals surface area (Å²) in [5, 5.41) is 17.2. The van der Waals surface area contributed by atoms with E-state index in [2.05, 4.69) is 83.9 Å². The van der Waals surface area contributed by atoms with Crippen LogP contribution in [0.2, 0.25) is 0 Å². The molecule has 35 heavy (non-hydrogen) atoms. The van der Waals surface area contributed by atoms with Crippen LogP contribution in [0.25, 0.3) is 38.0 Å². The SMILES string of the molecule is N#Cc1cccc(C2=N/C(c3ccc4c5ccccc5c5ccccc5c4c3)=C\CC/C(Cl)=N\2)c1. The first-order valence-electron chi connectivity index (χ1n) is 11.6. The zero-order chi connectivity index (χ0) is 23.8. The maximum absolute atomic E-state index is 9.34. The van der Waals surface area contributed by atoms with Crippen molar-refractivity contribution in [2.24, 2.45) is 9.98 Å². The number of hydrogen-bond acceptors (Lipinski definition) is 3. The van der Waals surface area contributed by atoms with E-state index in [4.69, 9.17) is 16.6 Å². The summed E-state index contributed by atoms with van der Waals surface area (Å²) in [5.74, 6) is 0.515. The molecule has 5 aromatic rings. The third-order valence-electron chi connectivity index (χ3n) is 6.43. The van der Waals surface area contributed by atoms with Crippen LogP contribution in [0.15, 0.2) is 107 Å². The normalized spacial score (nSPS) is 18.6. The maximum atomic E-state index is 9.34. The molecule has 3 nitrogen and oxygen atoms in total. The Morgan fingerprint density at radius 2 is 1.31 bits per heavy atom. The Morgan fingerprint density at radius 3 is 2.00 bits per heavy atom. The lowest BCUT2D eigenvalue weighted by Crippen LogP contribution is -2.04. The number of aliphatic imine (C=N–C) groups is 2. The van der Waals surface area contributed by atoms with Crippen LogP contribution >= 0.6 is 11.6 Å². The molecule has 0 fully saturated rings. The second-order valence-corrected chi connectivity index (χ2v) is 9.03. The molecule has 1 aliphatic heterocycles. The minimum Gasteiger partial charge on any atom is -0.228 e. The average molecular weight is 470 g/mol. The van der Waals surface area contributed by atoms with E-state index in [1.807, 2.05) is 12.1 Å². The van der Waals surface area contributed by atoms with Gasteiger partial charge in [0.05, 0.1) is 17.3 Å². The fraction of sp³-hybridized carbons (Fsp3) is 0.0645. The van der Waals surface area contributed by atoms with Crippen molar-refractivity contribution in [3.05, 3.63) is 114 Å². The third kappa shape index (κ3) is 3.89. The largest absolute Gasteiger partial charge is 0.228 e. The highest BCUT2D eigenvalue weighted by Crippen LogP contribution is 2.36. The van der Waals surface area contributed by atoms with E-state index < -0.39 is 0 Å². The molecular formula is C31H20ClN3. The number of nitriles is 1. The Kier molecular flexibility index (Phi) is 5.37. The molecule has 0 aliphatic carbocycles. The third-order valence-corrected chi connectivity index (χ3v) is 6.71. The number of nitrogens with zero attached hydrogens (tertiary/aromatic N) is 3. The van der Waals surface area contributed by atoms with Gasteiger partial charge in [0.15, 0.2) is 5.84 Å². The molecule has 1 aliphatic rings. The van der Waals surface area contributed by atoms with Crippen LogP contribution in [-0.2, 0) is 0 Å². The highest BCUT2D eigenvalue weighted by Gasteiger charge is 2.13. The van der Waals surface area contributed by atoms with Crippen molar-refractivity contribution in [1.82, 2.24) is 0 Å². The van der Waals surface area contributed by atoms with Crippen molar-refractivity contribution < 1.29 is 0 Å². The highest BCUT2D eigenvalue weighted by molar-refractivity contribution is 6.66. The molecule has 0 radical (unpaired) electrons. The van der Waals surface area contributed by atoms with Crippen molar-refractivity contribution in [3.8, 4) is 6.07 Å². The van der Waals surface area contributed by atoms with Gasteiger partial charge in [0, 0.05) is 17.5 Å². The Morgan fingerprint density at radius 1 is 0.657 bits per heavy atom. The van der Waals surface area contributed by atoms with Crippen molar-refractivity contribution in [2.45, 2.75) is 12.8 Å². The molecule has 0 unspecified atom stereocenters. The first kappa shape index (κ1) is 21.3. The van der Waals surface area contributed by atoms with Crippen LogP contribution < -0.4 is 0 Å². The number of rotatable bonds is 2. The zero-order valence-corrected chi connectivity index (χ0v) is 19.6. The molecule has 0 saturated carbocycles. The summed E-state index contributed by atoms with van der Waals surface area (Å²) in [4.78, 5) is 9.54. The molecule has 6 rings (SSSR count). The van der Waals surface area contributed by atoms with Gasteiger partial charge in [0.2, 0.25) is 0 Å². The average Bonchev–Trinajstić information content (AvgIpc) is 2.90. The van der Waals surface area contributed by atoms with Gasteiger partial charge < -0.3 is 0 Å². The van der Waals surface area contributed by atoms with Crippen molar-refractivity contribution in [1.29, 1.82) is 5.26 Å². The van der Waals surface area contributed by atoms with Crippen LogP contribution in [-0.4, -0.2) is 11.0 Å². The summed E-state index contributed by atoms with van der Waals surface area (Å²) < 4.78 is 0. The predicted molar refractivity (Wildman–Crippen MR) is 147 cm³/mol. The molecule has 0 aromatic heterocycles. The van der Waals surface area contributed by atoms with Crippen molar-refractivity contribution in [3.63, 3.8) is 0 Å². The van der Waals surface area contributed by atoms with Gasteiger partial charge in [-0.25, -0.2) is 9.98 Å². The second-order valence-electron chi connectivity index (χ2n) is 8.60. The number of hydrogen-bond donors (Lipinski definition) is 0. The Bertz CT molecular complexity index is 1730. The molecule has 0 bridgehead atoms. The lowest BCUT2D eigenvalue weighted by Gasteiger charge is -2.13. The number of allylic oxidation sites excluding steroid dienone is 1. The van der Waals surface area contributed by atoms with Crippen LogP contribution in [0.1, 0.15) is 29.5 Å². The molecule has 0 saturated heterocycles.